The number of hydrogen-bond acceptors (Lipinski definition) is 9. The molecule has 2 aromatic rings. The minimum Gasteiger partial charge on any atom is -0.454 e. The molecule has 4 heterocycles. The van der Waals surface area contributed by atoms with Crippen LogP contribution in [0.5, 0.6) is 11.5 Å². The lowest BCUT2D eigenvalue weighted by Crippen LogP contribution is -2.48. The zero-order chi connectivity index (χ0) is 28.6. The van der Waals surface area contributed by atoms with Crippen LogP contribution in [0.3, 0.4) is 0 Å². The molecule has 9 nitrogen and oxygen atoms in total. The molecule has 2 fully saturated rings. The summed E-state index contributed by atoms with van der Waals surface area (Å²) in [6.45, 7) is 9.99. The van der Waals surface area contributed by atoms with Crippen molar-refractivity contribution in [2.24, 2.45) is 0 Å². The Balaban J connectivity index is 1.57. The molecule has 1 aromatic carbocycles. The summed E-state index contributed by atoms with van der Waals surface area (Å²) in [5.74, 6) is 1.82. The third kappa shape index (κ3) is 5.36. The molecule has 40 heavy (non-hydrogen) atoms. The summed E-state index contributed by atoms with van der Waals surface area (Å²) < 4.78 is 19.0. The highest BCUT2D eigenvalue weighted by Gasteiger charge is 2.34. The van der Waals surface area contributed by atoms with Gasteiger partial charge in [-0.2, -0.15) is 5.26 Å². The molecule has 0 aliphatic carbocycles. The van der Waals surface area contributed by atoms with Gasteiger partial charge in [-0.1, -0.05) is 43.4 Å². The lowest BCUT2D eigenvalue weighted by molar-refractivity contribution is -0.122. The summed E-state index contributed by atoms with van der Waals surface area (Å²) in [6.07, 6.45) is 3.40. The number of unbranched alkanes of at least 4 members (excludes halogenated alkanes) is 1. The first kappa shape index (κ1) is 28.2. The van der Waals surface area contributed by atoms with Gasteiger partial charge >= 0.3 is 0 Å². The highest BCUT2D eigenvalue weighted by molar-refractivity contribution is 8.26. The monoisotopic (exact) mass is 580 g/mol. The van der Waals surface area contributed by atoms with Crippen molar-refractivity contribution in [1.82, 2.24) is 9.47 Å². The quantitative estimate of drug-likeness (QED) is 0.345. The molecule has 1 aromatic heterocycles. The van der Waals surface area contributed by atoms with E-state index in [1.165, 1.54) is 11.8 Å². The van der Waals surface area contributed by atoms with Crippen molar-refractivity contribution in [2.45, 2.75) is 65.8 Å². The zero-order valence-electron chi connectivity index (χ0n) is 23.1. The standard InChI is InChI=1S/C29H32N4O5S2/c1-5-6-9-32-26(31-13-17(2)38-18(3)14-31)21(19(4)22(12-30)27(32)34)11-25-28(35)33(29(39)40-25)15-20-7-8-23-24(10-20)37-16-36-23/h7-8,10-11,17-18H,5-6,9,13-16H2,1-4H3/b25-11-. The number of thioether (sulfide) groups is 1. The first-order valence-corrected chi connectivity index (χ1v) is 14.7. The maximum absolute atomic E-state index is 13.7. The number of fused-ring (bicyclic) bond motifs is 1. The van der Waals surface area contributed by atoms with Gasteiger partial charge in [-0.3, -0.25) is 19.1 Å². The maximum Gasteiger partial charge on any atom is 0.270 e. The molecule has 1 amide bonds. The molecular weight excluding hydrogens is 548 g/mol. The van der Waals surface area contributed by atoms with E-state index in [9.17, 15) is 14.9 Å². The van der Waals surface area contributed by atoms with Gasteiger partial charge in [0.2, 0.25) is 6.79 Å². The van der Waals surface area contributed by atoms with E-state index in [1.807, 2.05) is 32.0 Å². The molecule has 0 bridgehead atoms. The average Bonchev–Trinajstić information content (AvgIpc) is 3.48. The maximum atomic E-state index is 13.7. The second-order valence-corrected chi connectivity index (χ2v) is 12.0. The Kier molecular flexibility index (Phi) is 8.21. The van der Waals surface area contributed by atoms with Crippen LogP contribution in [0.4, 0.5) is 5.82 Å². The Bertz CT molecular complexity index is 1480. The Morgan fingerprint density at radius 1 is 1.18 bits per heavy atom. The predicted molar refractivity (Wildman–Crippen MR) is 159 cm³/mol. The Morgan fingerprint density at radius 2 is 1.90 bits per heavy atom. The highest BCUT2D eigenvalue weighted by Crippen LogP contribution is 2.38. The van der Waals surface area contributed by atoms with Crippen LogP contribution < -0.4 is 19.9 Å². The summed E-state index contributed by atoms with van der Waals surface area (Å²) in [4.78, 5) is 31.4. The normalized spacial score (nSPS) is 21.4. The molecule has 2 unspecified atom stereocenters. The molecule has 0 N–H and O–H groups in total. The van der Waals surface area contributed by atoms with Crippen LogP contribution in [0.25, 0.3) is 6.08 Å². The molecule has 0 saturated carbocycles. The summed E-state index contributed by atoms with van der Waals surface area (Å²) >= 11 is 6.85. The third-order valence-electron chi connectivity index (χ3n) is 7.23. The van der Waals surface area contributed by atoms with Crippen LogP contribution >= 0.6 is 24.0 Å². The number of carbonyl (C=O) groups is 1. The number of benzene rings is 1. The van der Waals surface area contributed by atoms with Crippen LogP contribution in [-0.4, -0.2) is 51.8 Å². The van der Waals surface area contributed by atoms with Gasteiger partial charge in [0, 0.05) is 25.2 Å². The summed E-state index contributed by atoms with van der Waals surface area (Å²) in [7, 11) is 0. The van der Waals surface area contributed by atoms with Crippen LogP contribution in [-0.2, 0) is 22.6 Å². The molecule has 3 aliphatic heterocycles. The molecule has 0 radical (unpaired) electrons. The van der Waals surface area contributed by atoms with Crippen molar-refractivity contribution in [3.8, 4) is 17.6 Å². The molecule has 3 aliphatic rings. The third-order valence-corrected chi connectivity index (χ3v) is 8.61. The van der Waals surface area contributed by atoms with Crippen LogP contribution in [0.2, 0.25) is 0 Å². The van der Waals surface area contributed by atoms with Gasteiger partial charge in [-0.25, -0.2) is 0 Å². The lowest BCUT2D eigenvalue weighted by Gasteiger charge is -2.39. The van der Waals surface area contributed by atoms with Crippen molar-refractivity contribution in [3.63, 3.8) is 0 Å². The fourth-order valence-electron chi connectivity index (χ4n) is 5.35. The Morgan fingerprint density at radius 3 is 2.60 bits per heavy atom. The van der Waals surface area contributed by atoms with Gasteiger partial charge in [0.25, 0.3) is 11.5 Å². The molecule has 2 atom stereocenters. The fraction of sp³-hybridized carbons (Fsp3) is 0.448. The average molecular weight is 581 g/mol. The van der Waals surface area contributed by atoms with Crippen LogP contribution in [0.1, 0.15) is 55.9 Å². The van der Waals surface area contributed by atoms with E-state index < -0.39 is 0 Å². The fourth-order valence-corrected chi connectivity index (χ4v) is 6.59. The number of rotatable bonds is 7. The van der Waals surface area contributed by atoms with Gasteiger partial charge < -0.3 is 19.1 Å². The number of thiocarbonyl (C=S) groups is 1. The number of carbonyl (C=O) groups excluding carboxylic acids is 1. The number of pyridine rings is 1. The number of nitrogens with zero attached hydrogens (tertiary/aromatic N) is 4. The van der Waals surface area contributed by atoms with E-state index in [0.717, 1.165) is 24.2 Å². The molecule has 210 valence electrons. The van der Waals surface area contributed by atoms with E-state index >= 15 is 0 Å². The van der Waals surface area contributed by atoms with Crippen molar-refractivity contribution in [2.75, 3.05) is 24.8 Å². The number of ether oxygens (including phenoxy) is 3. The number of morpholine rings is 1. The van der Waals surface area contributed by atoms with E-state index in [2.05, 4.69) is 17.9 Å². The number of amides is 1. The van der Waals surface area contributed by atoms with Crippen molar-refractivity contribution >= 4 is 46.1 Å². The molecule has 0 spiro atoms. The van der Waals surface area contributed by atoms with Crippen molar-refractivity contribution < 1.29 is 19.0 Å². The van der Waals surface area contributed by atoms with E-state index in [0.29, 0.717) is 58.0 Å². The minimum atomic E-state index is -0.303. The van der Waals surface area contributed by atoms with Gasteiger partial charge in [0.15, 0.2) is 11.5 Å². The van der Waals surface area contributed by atoms with Gasteiger partial charge in [-0.15, -0.1) is 0 Å². The van der Waals surface area contributed by atoms with E-state index in [1.54, 1.807) is 22.5 Å². The Hall–Kier alpha value is -3.33. The Labute approximate surface area is 243 Å². The number of nitriles is 1. The SMILES string of the molecule is CCCCn1c(N2CC(C)OC(C)C2)c(/C=C2\SC(=S)N(Cc3ccc4c(c3)OCO4)C2=O)c(C)c(C#N)c1=O. The second-order valence-electron chi connectivity index (χ2n) is 10.3. The number of hydrogen-bond donors (Lipinski definition) is 0. The first-order chi connectivity index (χ1) is 19.2. The highest BCUT2D eigenvalue weighted by atomic mass is 32.2. The van der Waals surface area contributed by atoms with Crippen molar-refractivity contribution in [3.05, 3.63) is 55.7 Å². The minimum absolute atomic E-state index is 0.0396. The van der Waals surface area contributed by atoms with Crippen LogP contribution in [0.15, 0.2) is 27.9 Å². The van der Waals surface area contributed by atoms with Gasteiger partial charge in [0.1, 0.15) is 21.8 Å². The second kappa shape index (κ2) is 11.6. The summed E-state index contributed by atoms with van der Waals surface area (Å²) in [5.41, 5.74) is 1.91. The molecule has 5 rings (SSSR count). The largest absolute Gasteiger partial charge is 0.454 e. The topological polar surface area (TPSA) is 97.0 Å². The predicted octanol–water partition coefficient (Wildman–Crippen LogP) is 4.57. The van der Waals surface area contributed by atoms with E-state index in [-0.39, 0.29) is 36.0 Å². The summed E-state index contributed by atoms with van der Waals surface area (Å²) in [6, 6.07) is 7.69. The van der Waals surface area contributed by atoms with E-state index in [4.69, 9.17) is 26.4 Å². The summed E-state index contributed by atoms with van der Waals surface area (Å²) in [5, 5.41) is 9.95. The van der Waals surface area contributed by atoms with Gasteiger partial charge in [0.05, 0.1) is 23.7 Å². The molecular formula is C29H32N4O5S2. The lowest BCUT2D eigenvalue weighted by atomic mass is 10.0. The zero-order valence-corrected chi connectivity index (χ0v) is 24.7. The van der Waals surface area contributed by atoms with Gasteiger partial charge in [-0.05, 0) is 56.5 Å². The first-order valence-electron chi connectivity index (χ1n) is 13.4. The molecule has 2 saturated heterocycles. The van der Waals surface area contributed by atoms with Crippen LogP contribution in [0, 0.1) is 18.3 Å². The number of aromatic nitrogens is 1. The smallest absolute Gasteiger partial charge is 0.270 e. The molecule has 11 heteroatoms. The number of anilines is 1. The van der Waals surface area contributed by atoms with Crippen molar-refractivity contribution in [1.29, 1.82) is 5.26 Å².